The van der Waals surface area contributed by atoms with Crippen LogP contribution in [0.15, 0.2) is 35.8 Å². The molecule has 0 spiro atoms. The van der Waals surface area contributed by atoms with Gasteiger partial charge in [0.1, 0.15) is 5.01 Å². The molecule has 1 aromatic carbocycles. The summed E-state index contributed by atoms with van der Waals surface area (Å²) in [5, 5.41) is 6.74. The fourth-order valence-electron chi connectivity index (χ4n) is 2.05. The number of nitrogens with one attached hydrogen (secondary N) is 1. The Morgan fingerprint density at radius 2 is 1.79 bits per heavy atom. The van der Waals surface area contributed by atoms with Gasteiger partial charge in [0.2, 0.25) is 0 Å². The van der Waals surface area contributed by atoms with Crippen molar-refractivity contribution < 1.29 is 0 Å². The Morgan fingerprint density at radius 3 is 2.32 bits per heavy atom. The van der Waals surface area contributed by atoms with Gasteiger partial charge in [0.15, 0.2) is 0 Å². The van der Waals surface area contributed by atoms with Crippen molar-refractivity contribution in [1.82, 2.24) is 10.3 Å². The summed E-state index contributed by atoms with van der Waals surface area (Å²) in [5.41, 5.74) is 2.53. The zero-order valence-electron chi connectivity index (χ0n) is 11.9. The monoisotopic (exact) mass is 275 g/mol. The summed E-state index contributed by atoms with van der Waals surface area (Å²) in [6.07, 6.45) is 1.86. The molecule has 102 valence electrons. The Bertz CT molecular complexity index is 491. The third-order valence-electron chi connectivity index (χ3n) is 3.23. The number of thiazole rings is 1. The maximum absolute atomic E-state index is 4.35. The highest BCUT2D eigenvalue weighted by atomic mass is 32.1. The lowest BCUT2D eigenvalue weighted by Crippen LogP contribution is -2.22. The van der Waals surface area contributed by atoms with Gasteiger partial charge in [-0.3, -0.25) is 0 Å². The molecule has 3 nitrogen and oxygen atoms in total. The fourth-order valence-corrected chi connectivity index (χ4v) is 2.71. The number of benzene rings is 1. The second kappa shape index (κ2) is 6.17. The predicted molar refractivity (Wildman–Crippen MR) is 82.8 cm³/mol. The van der Waals surface area contributed by atoms with E-state index in [-0.39, 0.29) is 6.04 Å². The molecule has 0 saturated heterocycles. The second-order valence-electron chi connectivity index (χ2n) is 4.97. The zero-order valence-corrected chi connectivity index (χ0v) is 12.7. The third kappa shape index (κ3) is 3.55. The maximum Gasteiger partial charge on any atom is 0.109 e. The first-order chi connectivity index (χ1) is 9.08. The molecular weight excluding hydrogens is 254 g/mol. The standard InChI is InChI=1S/C15H21N3S/c1-11(17-12(2)15-16-9-10-19-15)13-5-7-14(8-6-13)18(3)4/h5-12,17H,1-4H3. The molecule has 1 heterocycles. The van der Waals surface area contributed by atoms with Gasteiger partial charge >= 0.3 is 0 Å². The lowest BCUT2D eigenvalue weighted by molar-refractivity contribution is 0.493. The number of rotatable bonds is 5. The van der Waals surface area contributed by atoms with Gasteiger partial charge in [-0.15, -0.1) is 11.3 Å². The van der Waals surface area contributed by atoms with Crippen LogP contribution < -0.4 is 10.2 Å². The van der Waals surface area contributed by atoms with Gasteiger partial charge in [-0.1, -0.05) is 12.1 Å². The van der Waals surface area contributed by atoms with Gasteiger partial charge in [0.25, 0.3) is 0 Å². The summed E-state index contributed by atoms with van der Waals surface area (Å²) in [7, 11) is 4.11. The van der Waals surface area contributed by atoms with Crippen molar-refractivity contribution in [3.8, 4) is 0 Å². The van der Waals surface area contributed by atoms with Crippen LogP contribution >= 0.6 is 11.3 Å². The van der Waals surface area contributed by atoms with Crippen LogP contribution in [0.25, 0.3) is 0 Å². The van der Waals surface area contributed by atoms with E-state index in [0.717, 1.165) is 5.01 Å². The minimum absolute atomic E-state index is 0.281. The SMILES string of the molecule is CC(NC(C)c1nccs1)c1ccc(N(C)C)cc1. The van der Waals surface area contributed by atoms with Crippen molar-refractivity contribution in [3.63, 3.8) is 0 Å². The quantitative estimate of drug-likeness (QED) is 0.903. The van der Waals surface area contributed by atoms with Gasteiger partial charge in [-0.05, 0) is 31.5 Å². The predicted octanol–water partition coefficient (Wildman–Crippen LogP) is 3.62. The summed E-state index contributed by atoms with van der Waals surface area (Å²) in [4.78, 5) is 6.46. The fraction of sp³-hybridized carbons (Fsp3) is 0.400. The van der Waals surface area contributed by atoms with Gasteiger partial charge in [0.05, 0.1) is 6.04 Å². The number of anilines is 1. The smallest absolute Gasteiger partial charge is 0.109 e. The molecule has 0 bridgehead atoms. The van der Waals surface area contributed by atoms with E-state index in [2.05, 4.69) is 67.4 Å². The van der Waals surface area contributed by atoms with Crippen LogP contribution in [0.2, 0.25) is 0 Å². The minimum atomic E-state index is 0.281. The van der Waals surface area contributed by atoms with Crippen molar-refractivity contribution in [3.05, 3.63) is 46.4 Å². The van der Waals surface area contributed by atoms with Gasteiger partial charge in [-0.2, -0.15) is 0 Å². The highest BCUT2D eigenvalue weighted by Crippen LogP contribution is 2.22. The molecule has 19 heavy (non-hydrogen) atoms. The van der Waals surface area contributed by atoms with Gasteiger partial charge in [-0.25, -0.2) is 4.98 Å². The van der Waals surface area contributed by atoms with Crippen LogP contribution in [0.5, 0.6) is 0 Å². The lowest BCUT2D eigenvalue weighted by atomic mass is 10.1. The maximum atomic E-state index is 4.35. The molecule has 0 aliphatic carbocycles. The molecule has 2 atom stereocenters. The van der Waals surface area contributed by atoms with Crippen molar-refractivity contribution in [1.29, 1.82) is 0 Å². The topological polar surface area (TPSA) is 28.2 Å². The molecule has 1 aromatic heterocycles. The second-order valence-corrected chi connectivity index (χ2v) is 5.89. The first kappa shape index (κ1) is 14.0. The van der Waals surface area contributed by atoms with E-state index in [9.17, 15) is 0 Å². The Morgan fingerprint density at radius 1 is 1.11 bits per heavy atom. The third-order valence-corrected chi connectivity index (χ3v) is 4.19. The summed E-state index contributed by atoms with van der Waals surface area (Å²) in [6, 6.07) is 9.27. The lowest BCUT2D eigenvalue weighted by Gasteiger charge is -2.20. The Labute approximate surface area is 119 Å². The van der Waals surface area contributed by atoms with Crippen LogP contribution in [-0.2, 0) is 0 Å². The molecule has 0 amide bonds. The number of nitrogens with zero attached hydrogens (tertiary/aromatic N) is 2. The molecular formula is C15H21N3S. The van der Waals surface area contributed by atoms with E-state index in [0.29, 0.717) is 6.04 Å². The summed E-state index contributed by atoms with van der Waals surface area (Å²) >= 11 is 1.69. The highest BCUT2D eigenvalue weighted by molar-refractivity contribution is 7.09. The number of hydrogen-bond donors (Lipinski definition) is 1. The average molecular weight is 275 g/mol. The van der Waals surface area contributed by atoms with Crippen LogP contribution in [0, 0.1) is 0 Å². The molecule has 2 unspecified atom stereocenters. The zero-order chi connectivity index (χ0) is 13.8. The molecule has 0 aliphatic rings. The van der Waals surface area contributed by atoms with Crippen LogP contribution in [0.3, 0.4) is 0 Å². The molecule has 0 radical (unpaired) electrons. The van der Waals surface area contributed by atoms with E-state index in [1.165, 1.54) is 11.3 Å². The van der Waals surface area contributed by atoms with E-state index < -0.39 is 0 Å². The Hall–Kier alpha value is -1.39. The molecule has 0 saturated carbocycles. The minimum Gasteiger partial charge on any atom is -0.378 e. The van der Waals surface area contributed by atoms with Crippen molar-refractivity contribution in [2.24, 2.45) is 0 Å². The average Bonchev–Trinajstić information content (AvgIpc) is 2.92. The van der Waals surface area contributed by atoms with Gasteiger partial charge in [0, 0.05) is 37.4 Å². The van der Waals surface area contributed by atoms with Crippen LogP contribution in [0.4, 0.5) is 5.69 Å². The summed E-state index contributed by atoms with van der Waals surface area (Å²) in [6.45, 7) is 4.35. The van der Waals surface area contributed by atoms with Crippen molar-refractivity contribution in [2.45, 2.75) is 25.9 Å². The number of hydrogen-bond acceptors (Lipinski definition) is 4. The molecule has 2 rings (SSSR count). The van der Waals surface area contributed by atoms with E-state index in [1.54, 1.807) is 11.3 Å². The summed E-state index contributed by atoms with van der Waals surface area (Å²) < 4.78 is 0. The molecule has 0 fully saturated rings. The first-order valence-electron chi connectivity index (χ1n) is 6.50. The number of aromatic nitrogens is 1. The Balaban J connectivity index is 2.01. The Kier molecular flexibility index (Phi) is 4.56. The molecule has 0 aliphatic heterocycles. The molecule has 1 N–H and O–H groups in total. The van der Waals surface area contributed by atoms with Crippen molar-refractivity contribution >= 4 is 17.0 Å². The normalized spacial score (nSPS) is 14.1. The van der Waals surface area contributed by atoms with Crippen molar-refractivity contribution in [2.75, 3.05) is 19.0 Å². The highest BCUT2D eigenvalue weighted by Gasteiger charge is 2.12. The first-order valence-corrected chi connectivity index (χ1v) is 7.38. The summed E-state index contributed by atoms with van der Waals surface area (Å²) in [5.74, 6) is 0. The largest absolute Gasteiger partial charge is 0.378 e. The molecule has 2 aromatic rings. The van der Waals surface area contributed by atoms with E-state index >= 15 is 0 Å². The molecule has 4 heteroatoms. The van der Waals surface area contributed by atoms with Gasteiger partial charge < -0.3 is 10.2 Å². The van der Waals surface area contributed by atoms with E-state index in [1.807, 2.05) is 11.6 Å². The van der Waals surface area contributed by atoms with E-state index in [4.69, 9.17) is 0 Å². The van der Waals surface area contributed by atoms with Crippen LogP contribution in [0.1, 0.15) is 36.5 Å². The van der Waals surface area contributed by atoms with Crippen LogP contribution in [-0.4, -0.2) is 19.1 Å².